The Hall–Kier alpha value is -5.28. The minimum Gasteiger partial charge on any atom is -0.353 e. The van der Waals surface area contributed by atoms with Crippen molar-refractivity contribution in [2.24, 2.45) is 9.98 Å². The first-order chi connectivity index (χ1) is 25.4. The number of para-hydroxylation sites is 1. The SMILES string of the molecule is C=C/C=C\C.CC1=NC(Nc2nc(C)c3cc(C)c(C)cc3n2)=NC(C)(C)C1.CN1CCN(c2nc(/C=C/C3=CCCC=C3)nc3ccccc23)CC1. The van der Waals surface area contributed by atoms with Gasteiger partial charge in [0.2, 0.25) is 11.9 Å². The van der Waals surface area contributed by atoms with Gasteiger partial charge in [0.05, 0.1) is 22.3 Å². The third kappa shape index (κ3) is 10.9. The molecule has 1 saturated heterocycles. The van der Waals surface area contributed by atoms with Gasteiger partial charge in [-0.15, -0.1) is 0 Å². The van der Waals surface area contributed by atoms with E-state index in [2.05, 4.69) is 131 Å². The van der Waals surface area contributed by atoms with E-state index in [4.69, 9.17) is 9.97 Å². The number of aromatic nitrogens is 4. The number of piperazine rings is 1. The lowest BCUT2D eigenvalue weighted by molar-refractivity contribution is 0.312. The highest BCUT2D eigenvalue weighted by atomic mass is 15.3. The van der Waals surface area contributed by atoms with Gasteiger partial charge in [-0.25, -0.2) is 29.9 Å². The first kappa shape index (κ1) is 38.9. The van der Waals surface area contributed by atoms with Crippen LogP contribution in [0.2, 0.25) is 0 Å². The van der Waals surface area contributed by atoms with E-state index in [0.29, 0.717) is 11.9 Å². The summed E-state index contributed by atoms with van der Waals surface area (Å²) in [7, 11) is 2.18. The van der Waals surface area contributed by atoms with Crippen molar-refractivity contribution < 1.29 is 0 Å². The van der Waals surface area contributed by atoms with Gasteiger partial charge in [0, 0.05) is 49.1 Å². The number of likely N-dealkylation sites (N-methyl/N-ethyl adjacent to an activating group) is 1. The molecule has 1 N–H and O–H groups in total. The lowest BCUT2D eigenvalue weighted by Crippen LogP contribution is -2.45. The molecule has 2 aromatic carbocycles. The fraction of sp³-hybridized carbons (Fsp3) is 0.364. The van der Waals surface area contributed by atoms with Crippen molar-refractivity contribution in [1.29, 1.82) is 0 Å². The third-order valence-electron chi connectivity index (χ3n) is 9.30. The molecular formula is C44H55N9. The topological polar surface area (TPSA) is 94.8 Å². The zero-order chi connectivity index (χ0) is 38.0. The van der Waals surface area contributed by atoms with E-state index in [1.165, 1.54) is 16.7 Å². The number of rotatable bonds is 5. The van der Waals surface area contributed by atoms with Crippen molar-refractivity contribution in [3.05, 3.63) is 114 Å². The number of anilines is 2. The van der Waals surface area contributed by atoms with Crippen LogP contribution in [0.1, 0.15) is 69.6 Å². The molecule has 1 aliphatic carbocycles. The standard InChI is InChI=1S/C21H24N4.C18H23N5.C5H8/c1-24-13-15-25(16-14-24)21-18-9-5-6-10-19(18)22-20(23-21)12-11-17-7-3-2-4-8-17;1-10-7-14-13(4)20-16(21-15(14)8-11(10)2)22-17-19-12(3)9-18(5,6)23-17;1-3-5-4-2/h3,5-12H,2,4,13-16H2,1H3;7-8H,9H2,1-6H3,(H,20,21,22,23);3-5H,1H2,2H3/b12-11+;;5-4-. The monoisotopic (exact) mass is 709 g/mol. The number of allylic oxidation sites excluding steroid dienone is 8. The Balaban J connectivity index is 0.000000182. The molecule has 2 aliphatic heterocycles. The van der Waals surface area contributed by atoms with Gasteiger partial charge in [-0.1, -0.05) is 61.2 Å². The van der Waals surface area contributed by atoms with Crippen molar-refractivity contribution in [2.75, 3.05) is 43.4 Å². The Labute approximate surface area is 315 Å². The van der Waals surface area contributed by atoms with Crippen LogP contribution in [-0.4, -0.2) is 75.3 Å². The van der Waals surface area contributed by atoms with Gasteiger partial charge in [-0.2, -0.15) is 0 Å². The number of benzene rings is 2. The Morgan fingerprint density at radius 3 is 2.28 bits per heavy atom. The molecule has 1 fully saturated rings. The molecule has 0 bridgehead atoms. The zero-order valence-corrected chi connectivity index (χ0v) is 32.8. The molecular weight excluding hydrogens is 655 g/mol. The number of nitrogens with zero attached hydrogens (tertiary/aromatic N) is 8. The third-order valence-corrected chi connectivity index (χ3v) is 9.30. The van der Waals surface area contributed by atoms with Crippen LogP contribution >= 0.6 is 0 Å². The van der Waals surface area contributed by atoms with Crippen molar-refractivity contribution in [3.8, 4) is 0 Å². The highest BCUT2D eigenvalue weighted by Crippen LogP contribution is 2.26. The average molecular weight is 710 g/mol. The predicted molar refractivity (Wildman–Crippen MR) is 226 cm³/mol. The lowest BCUT2D eigenvalue weighted by Gasteiger charge is -2.33. The van der Waals surface area contributed by atoms with Crippen molar-refractivity contribution in [3.63, 3.8) is 0 Å². The van der Waals surface area contributed by atoms with E-state index in [1.54, 1.807) is 6.08 Å². The predicted octanol–water partition coefficient (Wildman–Crippen LogP) is 9.39. The molecule has 0 unspecified atom stereocenters. The number of aryl methyl sites for hydroxylation is 3. The largest absolute Gasteiger partial charge is 0.353 e. The van der Waals surface area contributed by atoms with E-state index in [-0.39, 0.29) is 5.54 Å². The second kappa shape index (κ2) is 18.0. The molecule has 0 saturated carbocycles. The summed E-state index contributed by atoms with van der Waals surface area (Å²) in [6.07, 6.45) is 19.5. The molecule has 9 nitrogen and oxygen atoms in total. The molecule has 3 aliphatic rings. The maximum absolute atomic E-state index is 4.89. The van der Waals surface area contributed by atoms with Gasteiger partial charge >= 0.3 is 0 Å². The Kier molecular flexibility index (Phi) is 13.2. The molecule has 0 radical (unpaired) electrons. The van der Waals surface area contributed by atoms with Gasteiger partial charge in [0.25, 0.3) is 0 Å². The van der Waals surface area contributed by atoms with Gasteiger partial charge < -0.3 is 9.80 Å². The fourth-order valence-electron chi connectivity index (χ4n) is 6.43. The first-order valence-electron chi connectivity index (χ1n) is 18.6. The van der Waals surface area contributed by atoms with Gasteiger partial charge in [-0.05, 0) is 115 Å². The van der Waals surface area contributed by atoms with Crippen LogP contribution in [0, 0.1) is 20.8 Å². The Morgan fingerprint density at radius 2 is 1.60 bits per heavy atom. The van der Waals surface area contributed by atoms with Crippen LogP contribution in [0.4, 0.5) is 11.8 Å². The van der Waals surface area contributed by atoms with Crippen LogP contribution in [0.5, 0.6) is 0 Å². The minimum absolute atomic E-state index is 0.145. The van der Waals surface area contributed by atoms with Crippen molar-refractivity contribution in [2.45, 2.75) is 73.3 Å². The molecule has 0 atom stereocenters. The van der Waals surface area contributed by atoms with Gasteiger partial charge in [0.15, 0.2) is 5.82 Å². The minimum atomic E-state index is -0.145. The summed E-state index contributed by atoms with van der Waals surface area (Å²) in [5, 5.41) is 5.40. The van der Waals surface area contributed by atoms with Crippen LogP contribution in [-0.2, 0) is 0 Å². The maximum Gasteiger partial charge on any atom is 0.230 e. The maximum atomic E-state index is 4.89. The molecule has 53 heavy (non-hydrogen) atoms. The van der Waals surface area contributed by atoms with Gasteiger partial charge in [0.1, 0.15) is 5.82 Å². The van der Waals surface area contributed by atoms with E-state index in [0.717, 1.165) is 90.3 Å². The smallest absolute Gasteiger partial charge is 0.230 e. The summed E-state index contributed by atoms with van der Waals surface area (Å²) in [5.74, 6) is 2.98. The van der Waals surface area contributed by atoms with E-state index in [1.807, 2.05) is 45.1 Å². The molecule has 2 aromatic heterocycles. The van der Waals surface area contributed by atoms with E-state index >= 15 is 0 Å². The zero-order valence-electron chi connectivity index (χ0n) is 32.8. The second-order valence-corrected chi connectivity index (χ2v) is 14.5. The Morgan fingerprint density at radius 1 is 0.849 bits per heavy atom. The number of fused-ring (bicyclic) bond motifs is 2. The normalized spacial score (nSPS) is 17.1. The number of guanidine groups is 1. The molecule has 0 amide bonds. The van der Waals surface area contributed by atoms with Crippen molar-refractivity contribution in [1.82, 2.24) is 24.8 Å². The highest BCUT2D eigenvalue weighted by Gasteiger charge is 2.24. The van der Waals surface area contributed by atoms with E-state index < -0.39 is 0 Å². The summed E-state index contributed by atoms with van der Waals surface area (Å²) in [4.78, 5) is 32.7. The van der Waals surface area contributed by atoms with Crippen LogP contribution in [0.15, 0.2) is 101 Å². The first-order valence-corrected chi connectivity index (χ1v) is 18.6. The fourth-order valence-corrected chi connectivity index (χ4v) is 6.43. The Bertz CT molecular complexity index is 2110. The summed E-state index contributed by atoms with van der Waals surface area (Å²) in [6.45, 7) is 22.0. The number of hydrogen-bond donors (Lipinski definition) is 1. The summed E-state index contributed by atoms with van der Waals surface area (Å²) in [6, 6.07) is 12.6. The second-order valence-electron chi connectivity index (χ2n) is 14.5. The molecule has 4 aromatic rings. The lowest BCUT2D eigenvalue weighted by atomic mass is 9.98. The summed E-state index contributed by atoms with van der Waals surface area (Å²) < 4.78 is 0. The molecule has 9 heteroatoms. The molecule has 4 heterocycles. The molecule has 276 valence electrons. The molecule has 7 rings (SSSR count). The quantitative estimate of drug-likeness (QED) is 0.206. The van der Waals surface area contributed by atoms with Crippen molar-refractivity contribution >= 4 is 51.3 Å². The van der Waals surface area contributed by atoms with Crippen LogP contribution in [0.25, 0.3) is 27.9 Å². The average Bonchev–Trinajstić information content (AvgIpc) is 3.12. The van der Waals surface area contributed by atoms with Gasteiger partial charge in [-0.3, -0.25) is 5.32 Å². The summed E-state index contributed by atoms with van der Waals surface area (Å²) in [5.41, 5.74) is 7.56. The highest BCUT2D eigenvalue weighted by molar-refractivity contribution is 6.04. The number of nitrogens with one attached hydrogen (secondary N) is 1. The van der Waals surface area contributed by atoms with E-state index in [9.17, 15) is 0 Å². The molecule has 0 spiro atoms. The van der Waals surface area contributed by atoms with Crippen LogP contribution < -0.4 is 10.2 Å². The van der Waals surface area contributed by atoms with Crippen LogP contribution in [0.3, 0.4) is 0 Å². The summed E-state index contributed by atoms with van der Waals surface area (Å²) >= 11 is 0. The number of hydrogen-bond acceptors (Lipinski definition) is 9. The number of aliphatic imine (C=N–C) groups is 2.